The zero-order chi connectivity index (χ0) is 32.6. The molecule has 0 spiro atoms. The Morgan fingerprint density at radius 1 is 0.479 bits per heavy atom. The minimum absolute atomic E-state index is 0. The molecule has 0 nitrogen and oxygen atoms in total. The second kappa shape index (κ2) is 20.7. The third-order valence-corrected chi connectivity index (χ3v) is 19.1. The van der Waals surface area contributed by atoms with Crippen LogP contribution in [0.1, 0.15) is 129 Å². The van der Waals surface area contributed by atoms with Gasteiger partial charge in [-0.2, -0.15) is 0 Å². The summed E-state index contributed by atoms with van der Waals surface area (Å²) in [7, 11) is -2.72. The minimum Gasteiger partial charge on any atom is -1.00 e. The van der Waals surface area contributed by atoms with Gasteiger partial charge in [0, 0.05) is 0 Å². The predicted octanol–water partition coefficient (Wildman–Crippen LogP) is 1.47. The molecule has 0 saturated carbocycles. The normalized spacial score (nSPS) is 14.0. The Hall–Kier alpha value is -1.06. The van der Waals surface area contributed by atoms with Gasteiger partial charge < -0.3 is 37.2 Å². The maximum Gasteiger partial charge on any atom is -1.00 e. The van der Waals surface area contributed by atoms with Crippen LogP contribution in [0.3, 0.4) is 0 Å². The van der Waals surface area contributed by atoms with Crippen molar-refractivity contribution in [3.8, 4) is 0 Å². The molecule has 3 aromatic carbocycles. The van der Waals surface area contributed by atoms with E-state index in [2.05, 4.69) is 143 Å². The average molecular weight is 758 g/mol. The number of hydrogen-bond donors (Lipinski definition) is 0. The molecule has 48 heavy (non-hydrogen) atoms. The standard InChI is InChI=1S/C43H59Si.3ClH.Ti/c1-9-13-20-36-26-37(21-14-10-2)29-41(28-36)44(40-24-18-17-19-25-40,43-34(7)32(5)33(6)35(43)8)42-30-38(22-15-11-3)27-39(31-42)23-16-12-4;;;;/h17-19,24-31H,9-16,20-23H2,1-8H3;3*1H;/q;;;;+3/p-3. The van der Waals surface area contributed by atoms with E-state index in [0.717, 1.165) is 0 Å². The van der Waals surface area contributed by atoms with Crippen LogP contribution in [0.25, 0.3) is 0 Å². The summed E-state index contributed by atoms with van der Waals surface area (Å²) in [4.78, 5) is 0. The molecule has 0 aliphatic heterocycles. The summed E-state index contributed by atoms with van der Waals surface area (Å²) in [6.45, 7) is 19.0. The number of hydrogen-bond acceptors (Lipinski definition) is 0. The van der Waals surface area contributed by atoms with E-state index >= 15 is 0 Å². The smallest absolute Gasteiger partial charge is 1.00 e. The molecule has 0 bridgehead atoms. The van der Waals surface area contributed by atoms with Crippen molar-refractivity contribution < 1.29 is 57.7 Å². The fraction of sp³-hybridized carbons (Fsp3) is 0.488. The van der Waals surface area contributed by atoms with Gasteiger partial charge in [0.05, 0.1) is 0 Å². The molecule has 0 amide bonds. The van der Waals surface area contributed by atoms with Crippen LogP contribution in [0, 0.1) is 0 Å². The van der Waals surface area contributed by atoms with Crippen molar-refractivity contribution in [2.75, 3.05) is 0 Å². The van der Waals surface area contributed by atoms with Crippen molar-refractivity contribution in [3.63, 3.8) is 0 Å². The van der Waals surface area contributed by atoms with E-state index in [-0.39, 0.29) is 40.6 Å². The summed E-state index contributed by atoms with van der Waals surface area (Å²) in [6, 6.07) is 27.7. The molecule has 0 radical (unpaired) electrons. The first kappa shape index (κ1) is 45.0. The van der Waals surface area contributed by atoms with Crippen LogP contribution < -0.4 is 52.8 Å². The van der Waals surface area contributed by atoms with Crippen molar-refractivity contribution in [1.82, 2.24) is 0 Å². The molecule has 1 aliphatic rings. The molecular formula is C43H59Cl3SiTi. The van der Waals surface area contributed by atoms with Gasteiger partial charge in [-0.15, -0.1) is 0 Å². The van der Waals surface area contributed by atoms with Crippen LogP contribution in [0.2, 0.25) is 3.34 Å². The first-order valence-electron chi connectivity index (χ1n) is 18.1. The first-order chi connectivity index (χ1) is 21.7. The average Bonchev–Trinajstić information content (AvgIpc) is 3.20. The number of rotatable bonds is 16. The number of allylic oxidation sites excluding steroid dienone is 4. The van der Waals surface area contributed by atoms with E-state index in [0.29, 0.717) is 0 Å². The molecule has 0 N–H and O–H groups in total. The Morgan fingerprint density at radius 2 is 0.792 bits per heavy atom. The largest absolute Gasteiger partial charge is 1.00 e. The van der Waals surface area contributed by atoms with Crippen LogP contribution in [-0.4, -0.2) is 8.07 Å². The topological polar surface area (TPSA) is 0 Å². The Kier molecular flexibility index (Phi) is 19.4. The number of unbranched alkanes of at least 4 members (excludes halogenated alkanes) is 4. The zero-order valence-electron chi connectivity index (χ0n) is 31.0. The zero-order valence-corrected chi connectivity index (χ0v) is 35.8. The molecule has 260 valence electrons. The molecule has 0 saturated heterocycles. The fourth-order valence-corrected chi connectivity index (χ4v) is 16.6. The SMILES string of the molecule is CCCCc1cc(CCCC)cc([Si](c2ccccc2)(c2cc(CCCC)cc(CCCC)c2)[C]2([Ti+3])C(C)=C(C)C(C)=C2C)c1.[Cl-].[Cl-].[Cl-]. The molecule has 0 aromatic heterocycles. The summed E-state index contributed by atoms with van der Waals surface area (Å²) in [5.41, 5.74) is 12.3. The Balaban J connectivity index is 0.00000384. The Labute approximate surface area is 326 Å². The van der Waals surface area contributed by atoms with Crippen molar-refractivity contribution >= 4 is 23.6 Å². The maximum absolute atomic E-state index is 2.72. The molecule has 1 aliphatic carbocycles. The van der Waals surface area contributed by atoms with Gasteiger partial charge in [0.25, 0.3) is 0 Å². The Morgan fingerprint density at radius 3 is 1.08 bits per heavy atom. The predicted molar refractivity (Wildman–Crippen MR) is 198 cm³/mol. The van der Waals surface area contributed by atoms with E-state index in [1.807, 2.05) is 0 Å². The van der Waals surface area contributed by atoms with Crippen molar-refractivity contribution in [2.45, 2.75) is 136 Å². The molecule has 3 aromatic rings. The van der Waals surface area contributed by atoms with Gasteiger partial charge in [0.15, 0.2) is 0 Å². The second-order valence-corrected chi connectivity index (χ2v) is 19.8. The molecule has 0 heterocycles. The molecule has 0 unspecified atom stereocenters. The van der Waals surface area contributed by atoms with Crippen molar-refractivity contribution in [1.29, 1.82) is 0 Å². The van der Waals surface area contributed by atoms with Crippen LogP contribution in [0.4, 0.5) is 0 Å². The van der Waals surface area contributed by atoms with Crippen molar-refractivity contribution in [2.24, 2.45) is 0 Å². The van der Waals surface area contributed by atoms with Crippen LogP contribution in [-0.2, 0) is 46.1 Å². The maximum atomic E-state index is 2.68. The molecule has 0 atom stereocenters. The quantitative estimate of drug-likeness (QED) is 0.154. The summed E-state index contributed by atoms with van der Waals surface area (Å²) in [5.74, 6) is 0. The van der Waals surface area contributed by atoms with Gasteiger partial charge in [-0.05, 0) is 0 Å². The minimum atomic E-state index is -2.72. The summed E-state index contributed by atoms with van der Waals surface area (Å²) < 4.78 is -0.0701. The van der Waals surface area contributed by atoms with E-state index in [1.165, 1.54) is 88.2 Å². The molecule has 0 fully saturated rings. The molecular weight excluding hydrogens is 699 g/mol. The third kappa shape index (κ3) is 9.05. The number of benzene rings is 3. The molecule has 5 heteroatoms. The van der Waals surface area contributed by atoms with E-state index < -0.39 is 8.07 Å². The summed E-state index contributed by atoms with van der Waals surface area (Å²) in [6.07, 6.45) is 14.6. The van der Waals surface area contributed by atoms with Crippen LogP contribution in [0.5, 0.6) is 0 Å². The molecule has 4 rings (SSSR count). The van der Waals surface area contributed by atoms with Gasteiger partial charge in [0.1, 0.15) is 0 Å². The monoisotopic (exact) mass is 756 g/mol. The fourth-order valence-electron chi connectivity index (χ4n) is 7.87. The van der Waals surface area contributed by atoms with Gasteiger partial charge in [-0.3, -0.25) is 0 Å². The third-order valence-electron chi connectivity index (χ3n) is 10.8. The Bertz CT molecular complexity index is 1370. The summed E-state index contributed by atoms with van der Waals surface area (Å²) in [5, 5.41) is 4.79. The van der Waals surface area contributed by atoms with E-state index in [4.69, 9.17) is 0 Å². The number of aryl methyl sites for hydroxylation is 4. The van der Waals surface area contributed by atoms with Crippen LogP contribution in [0.15, 0.2) is 89.0 Å². The van der Waals surface area contributed by atoms with Gasteiger partial charge in [-0.25, -0.2) is 0 Å². The van der Waals surface area contributed by atoms with Gasteiger partial charge in [0.2, 0.25) is 0 Å². The van der Waals surface area contributed by atoms with Crippen molar-refractivity contribution in [3.05, 3.63) is 111 Å². The van der Waals surface area contributed by atoms with E-state index in [1.54, 1.807) is 49.0 Å². The van der Waals surface area contributed by atoms with Crippen LogP contribution >= 0.6 is 0 Å². The number of halogens is 3. The van der Waals surface area contributed by atoms with Gasteiger partial charge >= 0.3 is 291 Å². The summed E-state index contributed by atoms with van der Waals surface area (Å²) >= 11 is 2.64. The van der Waals surface area contributed by atoms with E-state index in [9.17, 15) is 0 Å². The van der Waals surface area contributed by atoms with Gasteiger partial charge in [-0.1, -0.05) is 0 Å². The first-order valence-corrected chi connectivity index (χ1v) is 20.9. The second-order valence-electron chi connectivity index (χ2n) is 13.9.